The number of hydrogen-bond donors (Lipinski definition) is 1. The van der Waals surface area contributed by atoms with E-state index in [0.717, 1.165) is 11.1 Å². The molecule has 0 aromatic heterocycles. The van der Waals surface area contributed by atoms with E-state index in [2.05, 4.69) is 24.3 Å². The summed E-state index contributed by atoms with van der Waals surface area (Å²) in [5, 5.41) is 11.6. The van der Waals surface area contributed by atoms with Crippen molar-refractivity contribution in [1.29, 1.82) is 0 Å². The summed E-state index contributed by atoms with van der Waals surface area (Å²) in [6, 6.07) is 20.2. The van der Waals surface area contributed by atoms with Gasteiger partial charge in [0, 0.05) is 18.8 Å². The lowest BCUT2D eigenvalue weighted by Crippen LogP contribution is -2.62. The third-order valence-corrected chi connectivity index (χ3v) is 7.79. The van der Waals surface area contributed by atoms with Crippen molar-refractivity contribution in [2.75, 3.05) is 26.9 Å². The first kappa shape index (κ1) is 23.0. The predicted octanol–water partition coefficient (Wildman–Crippen LogP) is 4.83. The summed E-state index contributed by atoms with van der Waals surface area (Å²) in [5.74, 6) is -0.420. The van der Waals surface area contributed by atoms with Crippen molar-refractivity contribution in [2.24, 2.45) is 0 Å². The molecule has 36 heavy (non-hydrogen) atoms. The number of carbonyl (C=O) groups excluding carboxylic acids is 1. The highest BCUT2D eigenvalue weighted by Gasteiger charge is 2.49. The highest BCUT2D eigenvalue weighted by Crippen LogP contribution is 2.45. The quantitative estimate of drug-likeness (QED) is 0.568. The van der Waals surface area contributed by atoms with Gasteiger partial charge < -0.3 is 19.3 Å². The molecule has 2 aliphatic heterocycles. The van der Waals surface area contributed by atoms with Crippen LogP contribution in [0.4, 0.5) is 9.18 Å². The van der Waals surface area contributed by atoms with E-state index in [-0.39, 0.29) is 43.2 Å². The van der Waals surface area contributed by atoms with Crippen molar-refractivity contribution in [1.82, 2.24) is 4.90 Å². The van der Waals surface area contributed by atoms with E-state index < -0.39 is 17.5 Å². The van der Waals surface area contributed by atoms with Gasteiger partial charge in [-0.15, -0.1) is 0 Å². The molecule has 6 rings (SSSR count). The third kappa shape index (κ3) is 3.74. The Morgan fingerprint density at radius 2 is 1.64 bits per heavy atom. The smallest absolute Gasteiger partial charge is 0.410 e. The van der Waals surface area contributed by atoms with Crippen molar-refractivity contribution in [3.05, 3.63) is 89.2 Å². The van der Waals surface area contributed by atoms with Gasteiger partial charge in [0.15, 0.2) is 11.6 Å². The molecule has 3 aromatic carbocycles. The maximum Gasteiger partial charge on any atom is 0.410 e. The van der Waals surface area contributed by atoms with Gasteiger partial charge in [0.05, 0.1) is 38.0 Å². The van der Waals surface area contributed by atoms with Crippen molar-refractivity contribution in [3.8, 4) is 16.9 Å². The monoisotopic (exact) mass is 489 g/mol. The van der Waals surface area contributed by atoms with Gasteiger partial charge >= 0.3 is 6.09 Å². The SMILES string of the molecule is COc1cc(C2(O)CC3COCC(C2)N3C(=O)OCC2c3ccccc3-c3ccccc32)ccc1F. The fourth-order valence-electron chi connectivity index (χ4n) is 6.13. The van der Waals surface area contributed by atoms with Crippen LogP contribution in [0.1, 0.15) is 35.4 Å². The molecule has 2 unspecified atom stereocenters. The lowest BCUT2D eigenvalue weighted by atomic mass is 9.77. The molecule has 3 aliphatic rings. The molecular weight excluding hydrogens is 461 g/mol. The Morgan fingerprint density at radius 1 is 1.03 bits per heavy atom. The van der Waals surface area contributed by atoms with Crippen LogP contribution in [0.5, 0.6) is 5.75 Å². The number of carbonyl (C=O) groups is 1. The minimum atomic E-state index is -1.22. The van der Waals surface area contributed by atoms with Gasteiger partial charge in [0.25, 0.3) is 0 Å². The lowest BCUT2D eigenvalue weighted by molar-refractivity contribution is -0.136. The van der Waals surface area contributed by atoms with Crippen molar-refractivity contribution >= 4 is 6.09 Å². The van der Waals surface area contributed by atoms with E-state index in [0.29, 0.717) is 18.8 Å². The number of rotatable bonds is 4. The first-order valence-electron chi connectivity index (χ1n) is 12.3. The zero-order valence-corrected chi connectivity index (χ0v) is 20.0. The van der Waals surface area contributed by atoms with E-state index in [1.807, 2.05) is 24.3 Å². The number of piperidine rings is 1. The third-order valence-electron chi connectivity index (χ3n) is 7.79. The topological polar surface area (TPSA) is 68.2 Å². The van der Waals surface area contributed by atoms with Crippen LogP contribution in [-0.2, 0) is 15.1 Å². The van der Waals surface area contributed by atoms with Gasteiger partial charge in [-0.25, -0.2) is 9.18 Å². The predicted molar refractivity (Wildman–Crippen MR) is 131 cm³/mol. The Bertz CT molecular complexity index is 1250. The van der Waals surface area contributed by atoms with Crippen LogP contribution in [0, 0.1) is 5.82 Å². The number of ether oxygens (including phenoxy) is 3. The molecule has 2 bridgehead atoms. The average Bonchev–Trinajstić information content (AvgIpc) is 3.20. The van der Waals surface area contributed by atoms with Crippen LogP contribution in [0.3, 0.4) is 0 Å². The second-order valence-corrected chi connectivity index (χ2v) is 9.85. The summed E-state index contributed by atoms with van der Waals surface area (Å²) >= 11 is 0. The normalized spacial score (nSPS) is 24.7. The molecule has 1 N–H and O–H groups in total. The van der Waals surface area contributed by atoms with Crippen LogP contribution < -0.4 is 4.74 Å². The summed E-state index contributed by atoms with van der Waals surface area (Å²) < 4.78 is 30.7. The summed E-state index contributed by atoms with van der Waals surface area (Å²) in [4.78, 5) is 15.1. The van der Waals surface area contributed by atoms with Gasteiger partial charge in [0.2, 0.25) is 0 Å². The zero-order valence-electron chi connectivity index (χ0n) is 20.0. The number of benzene rings is 3. The van der Waals surface area contributed by atoms with Crippen molar-refractivity contribution in [3.63, 3.8) is 0 Å². The molecule has 186 valence electrons. The van der Waals surface area contributed by atoms with Crippen LogP contribution in [0.15, 0.2) is 66.7 Å². The standard InChI is InChI=1S/C29H28FNO5/c1-34-27-12-18(10-11-26(27)30)29(33)13-19-15-35-16-20(14-29)31(19)28(32)36-17-25-23-8-4-2-6-21(23)22-7-3-5-9-24(22)25/h2-12,19-20,25,33H,13-17H2,1H3. The van der Waals surface area contributed by atoms with Crippen LogP contribution >= 0.6 is 0 Å². The molecule has 2 atom stereocenters. The van der Waals surface area contributed by atoms with Gasteiger partial charge in [-0.2, -0.15) is 0 Å². The van der Waals surface area contributed by atoms with Gasteiger partial charge in [-0.1, -0.05) is 54.6 Å². The van der Waals surface area contributed by atoms with E-state index in [1.54, 1.807) is 11.0 Å². The molecule has 3 aromatic rings. The number of aliphatic hydroxyl groups is 1. The molecule has 1 amide bonds. The number of hydrogen-bond acceptors (Lipinski definition) is 5. The summed E-state index contributed by atoms with van der Waals surface area (Å²) in [7, 11) is 1.40. The number of fused-ring (bicyclic) bond motifs is 5. The molecule has 0 saturated carbocycles. The Labute approximate surface area is 209 Å². The zero-order chi connectivity index (χ0) is 24.9. The van der Waals surface area contributed by atoms with E-state index in [4.69, 9.17) is 14.2 Å². The fraction of sp³-hybridized carbons (Fsp3) is 0.345. The van der Waals surface area contributed by atoms with Crippen LogP contribution in [-0.4, -0.2) is 55.1 Å². The number of methoxy groups -OCH3 is 1. The molecule has 1 aliphatic carbocycles. The summed E-state index contributed by atoms with van der Waals surface area (Å²) in [5.41, 5.74) is 4.03. The highest BCUT2D eigenvalue weighted by molar-refractivity contribution is 5.79. The maximum absolute atomic E-state index is 14.0. The lowest BCUT2D eigenvalue weighted by Gasteiger charge is -2.51. The average molecular weight is 490 g/mol. The van der Waals surface area contributed by atoms with E-state index in [1.165, 1.54) is 30.4 Å². The molecule has 6 nitrogen and oxygen atoms in total. The van der Waals surface area contributed by atoms with Crippen LogP contribution in [0.25, 0.3) is 11.1 Å². The number of morpholine rings is 1. The fourth-order valence-corrected chi connectivity index (χ4v) is 6.13. The number of amides is 1. The second-order valence-electron chi connectivity index (χ2n) is 9.85. The molecule has 0 radical (unpaired) electrons. The molecule has 2 heterocycles. The van der Waals surface area contributed by atoms with Gasteiger partial charge in [-0.3, -0.25) is 4.90 Å². The maximum atomic E-state index is 14.0. The molecule has 0 spiro atoms. The minimum Gasteiger partial charge on any atom is -0.494 e. The Hall–Kier alpha value is -3.42. The molecule has 2 saturated heterocycles. The number of nitrogens with zero attached hydrogens (tertiary/aromatic N) is 1. The largest absolute Gasteiger partial charge is 0.494 e. The minimum absolute atomic E-state index is 0.0224. The Kier molecular flexibility index (Phi) is 5.69. The first-order valence-corrected chi connectivity index (χ1v) is 12.3. The molecule has 7 heteroatoms. The number of halogens is 1. The van der Waals surface area contributed by atoms with E-state index >= 15 is 0 Å². The highest BCUT2D eigenvalue weighted by atomic mass is 19.1. The second kappa shape index (κ2) is 8.91. The summed E-state index contributed by atoms with van der Waals surface area (Å²) in [6.45, 7) is 0.853. The summed E-state index contributed by atoms with van der Waals surface area (Å²) in [6.07, 6.45) is 0.138. The van der Waals surface area contributed by atoms with Crippen molar-refractivity contribution < 1.29 is 28.5 Å². The van der Waals surface area contributed by atoms with Crippen LogP contribution in [0.2, 0.25) is 0 Å². The molecular formula is C29H28FNO5. The first-order chi connectivity index (χ1) is 17.5. The Balaban J connectivity index is 1.20. The molecule has 2 fully saturated rings. The Morgan fingerprint density at radius 3 is 2.25 bits per heavy atom. The van der Waals surface area contributed by atoms with Crippen molar-refractivity contribution in [2.45, 2.75) is 36.4 Å². The van der Waals surface area contributed by atoms with Gasteiger partial charge in [0.1, 0.15) is 6.61 Å². The van der Waals surface area contributed by atoms with E-state index in [9.17, 15) is 14.3 Å². The van der Waals surface area contributed by atoms with Gasteiger partial charge in [-0.05, 0) is 39.9 Å².